The van der Waals surface area contributed by atoms with Gasteiger partial charge in [-0.1, -0.05) is 67.4 Å². The number of rotatable bonds is 10. The van der Waals surface area contributed by atoms with Crippen molar-refractivity contribution in [1.82, 2.24) is 10.2 Å². The number of nitrogens with one attached hydrogen (secondary N) is 1. The Bertz CT molecular complexity index is 1140. The second-order valence-electron chi connectivity index (χ2n) is 9.45. The number of hydrogen-bond donors (Lipinski definition) is 1. The van der Waals surface area contributed by atoms with Crippen LogP contribution >= 0.6 is 0 Å². The molecule has 6 heteroatoms. The molecule has 1 aliphatic rings. The summed E-state index contributed by atoms with van der Waals surface area (Å²) < 4.78 is 19.4. The van der Waals surface area contributed by atoms with Crippen LogP contribution in [0.15, 0.2) is 78.9 Å². The highest BCUT2D eigenvalue weighted by atomic mass is 19.1. The second-order valence-corrected chi connectivity index (χ2v) is 9.45. The minimum atomic E-state index is -0.730. The number of hydrogen-bond acceptors (Lipinski definition) is 3. The first-order valence-corrected chi connectivity index (χ1v) is 12.6. The van der Waals surface area contributed by atoms with Gasteiger partial charge in [0.15, 0.2) is 6.61 Å². The lowest BCUT2D eigenvalue weighted by atomic mass is 10.0. The predicted molar refractivity (Wildman–Crippen MR) is 138 cm³/mol. The number of halogens is 1. The van der Waals surface area contributed by atoms with Gasteiger partial charge in [0.2, 0.25) is 5.91 Å². The summed E-state index contributed by atoms with van der Waals surface area (Å²) in [4.78, 5) is 28.8. The van der Waals surface area contributed by atoms with Crippen LogP contribution in [-0.4, -0.2) is 35.4 Å². The Hall–Kier alpha value is -3.67. The maximum Gasteiger partial charge on any atom is 0.261 e. The molecule has 188 valence electrons. The first-order chi connectivity index (χ1) is 17.5. The van der Waals surface area contributed by atoms with E-state index in [2.05, 4.69) is 5.32 Å². The van der Waals surface area contributed by atoms with Crippen molar-refractivity contribution in [1.29, 1.82) is 0 Å². The molecule has 3 aromatic carbocycles. The highest BCUT2D eigenvalue weighted by molar-refractivity contribution is 5.88. The van der Waals surface area contributed by atoms with E-state index in [4.69, 9.17) is 4.74 Å². The molecule has 0 unspecified atom stereocenters. The summed E-state index contributed by atoms with van der Waals surface area (Å²) in [5.74, 6) is -0.223. The van der Waals surface area contributed by atoms with Crippen LogP contribution < -0.4 is 10.1 Å². The molecule has 0 radical (unpaired) electrons. The lowest BCUT2D eigenvalue weighted by Crippen LogP contribution is -2.53. The normalized spacial score (nSPS) is 14.3. The van der Waals surface area contributed by atoms with Gasteiger partial charge in [-0.25, -0.2) is 4.39 Å². The topological polar surface area (TPSA) is 58.6 Å². The van der Waals surface area contributed by atoms with Crippen molar-refractivity contribution >= 4 is 11.8 Å². The third-order valence-corrected chi connectivity index (χ3v) is 6.59. The molecule has 1 N–H and O–H groups in total. The SMILES string of the molecule is Cc1cccc(OCC(=O)N(Cc2ccc(F)cc2)[C@H](Cc2ccccc2)C(=O)NC2CCCC2)c1. The number of nitrogens with zero attached hydrogens (tertiary/aromatic N) is 1. The smallest absolute Gasteiger partial charge is 0.261 e. The first-order valence-electron chi connectivity index (χ1n) is 12.6. The molecule has 1 saturated carbocycles. The van der Waals surface area contributed by atoms with E-state index < -0.39 is 6.04 Å². The highest BCUT2D eigenvalue weighted by Gasteiger charge is 2.32. The average molecular weight is 489 g/mol. The zero-order valence-electron chi connectivity index (χ0n) is 20.7. The molecule has 0 saturated heterocycles. The number of carbonyl (C=O) groups excluding carboxylic acids is 2. The fourth-order valence-electron chi connectivity index (χ4n) is 4.64. The van der Waals surface area contributed by atoms with Gasteiger partial charge in [0.25, 0.3) is 5.91 Å². The Morgan fingerprint density at radius 1 is 0.972 bits per heavy atom. The minimum absolute atomic E-state index is 0.127. The zero-order chi connectivity index (χ0) is 25.3. The molecule has 0 aliphatic heterocycles. The van der Waals surface area contributed by atoms with Gasteiger partial charge < -0.3 is 15.0 Å². The summed E-state index contributed by atoms with van der Waals surface area (Å²) in [5, 5.41) is 3.18. The maximum atomic E-state index is 13.6. The molecule has 0 heterocycles. The fraction of sp³-hybridized carbons (Fsp3) is 0.333. The molecule has 1 fully saturated rings. The maximum absolute atomic E-state index is 13.6. The van der Waals surface area contributed by atoms with Gasteiger partial charge in [0, 0.05) is 19.0 Å². The van der Waals surface area contributed by atoms with Gasteiger partial charge in [-0.3, -0.25) is 9.59 Å². The molecule has 4 rings (SSSR count). The lowest BCUT2D eigenvalue weighted by Gasteiger charge is -2.32. The van der Waals surface area contributed by atoms with Crippen molar-refractivity contribution in [2.45, 2.75) is 57.7 Å². The Balaban J connectivity index is 1.60. The minimum Gasteiger partial charge on any atom is -0.484 e. The third-order valence-electron chi connectivity index (χ3n) is 6.59. The Morgan fingerprint density at radius 2 is 1.69 bits per heavy atom. The molecular formula is C30H33FN2O3. The van der Waals surface area contributed by atoms with E-state index >= 15 is 0 Å². The van der Waals surface area contributed by atoms with E-state index in [9.17, 15) is 14.0 Å². The van der Waals surface area contributed by atoms with E-state index in [-0.39, 0.29) is 36.8 Å². The number of ether oxygens (including phenoxy) is 1. The summed E-state index contributed by atoms with van der Waals surface area (Å²) in [6, 6.07) is 22.6. The number of amides is 2. The number of carbonyl (C=O) groups is 2. The zero-order valence-corrected chi connectivity index (χ0v) is 20.7. The van der Waals surface area contributed by atoms with Crippen LogP contribution in [0.2, 0.25) is 0 Å². The summed E-state index contributed by atoms with van der Waals surface area (Å²) in [5.41, 5.74) is 2.73. The van der Waals surface area contributed by atoms with E-state index in [0.717, 1.165) is 42.4 Å². The summed E-state index contributed by atoms with van der Waals surface area (Å²) in [7, 11) is 0. The molecule has 3 aromatic rings. The molecular weight excluding hydrogens is 455 g/mol. The van der Waals surface area contributed by atoms with Crippen LogP contribution in [0.4, 0.5) is 4.39 Å². The average Bonchev–Trinajstić information content (AvgIpc) is 3.39. The van der Waals surface area contributed by atoms with Crippen molar-refractivity contribution < 1.29 is 18.7 Å². The fourth-order valence-corrected chi connectivity index (χ4v) is 4.64. The standard InChI is InChI=1S/C30H33FN2O3/c1-22-8-7-13-27(18-22)36-21-29(34)33(20-24-14-16-25(31)17-15-24)28(19-23-9-3-2-4-10-23)30(35)32-26-11-5-6-12-26/h2-4,7-10,13-18,26,28H,5-6,11-12,19-21H2,1H3,(H,32,35)/t28-/m1/s1. The second kappa shape index (κ2) is 12.3. The van der Waals surface area contributed by atoms with E-state index in [1.807, 2.05) is 55.5 Å². The molecule has 5 nitrogen and oxygen atoms in total. The van der Waals surface area contributed by atoms with Crippen molar-refractivity contribution in [2.75, 3.05) is 6.61 Å². The number of aryl methyl sites for hydroxylation is 1. The largest absolute Gasteiger partial charge is 0.484 e. The lowest BCUT2D eigenvalue weighted by molar-refractivity contribution is -0.143. The molecule has 0 bridgehead atoms. The van der Waals surface area contributed by atoms with Crippen LogP contribution in [0, 0.1) is 12.7 Å². The van der Waals surface area contributed by atoms with Crippen LogP contribution in [0.5, 0.6) is 5.75 Å². The quantitative estimate of drug-likeness (QED) is 0.426. The van der Waals surface area contributed by atoms with Crippen LogP contribution in [0.25, 0.3) is 0 Å². The van der Waals surface area contributed by atoms with Gasteiger partial charge in [-0.15, -0.1) is 0 Å². The predicted octanol–water partition coefficient (Wildman–Crippen LogP) is 5.21. The monoisotopic (exact) mass is 488 g/mol. The van der Waals surface area contributed by atoms with Gasteiger partial charge in [0.1, 0.15) is 17.6 Å². The van der Waals surface area contributed by atoms with Crippen molar-refractivity contribution in [2.24, 2.45) is 0 Å². The highest BCUT2D eigenvalue weighted by Crippen LogP contribution is 2.20. The van der Waals surface area contributed by atoms with E-state index in [1.165, 1.54) is 12.1 Å². The van der Waals surface area contributed by atoms with Crippen molar-refractivity contribution in [3.63, 3.8) is 0 Å². The Labute approximate surface area is 212 Å². The summed E-state index contributed by atoms with van der Waals surface area (Å²) >= 11 is 0. The Kier molecular flexibility index (Phi) is 8.71. The molecule has 0 spiro atoms. The molecule has 0 aromatic heterocycles. The molecule has 2 amide bonds. The van der Waals surface area contributed by atoms with Crippen LogP contribution in [-0.2, 0) is 22.6 Å². The van der Waals surface area contributed by atoms with Crippen molar-refractivity contribution in [3.8, 4) is 5.75 Å². The molecule has 1 aliphatic carbocycles. The Morgan fingerprint density at radius 3 is 2.39 bits per heavy atom. The van der Waals surface area contributed by atoms with Gasteiger partial charge in [-0.05, 0) is 60.7 Å². The van der Waals surface area contributed by atoms with Gasteiger partial charge in [0.05, 0.1) is 0 Å². The van der Waals surface area contributed by atoms with Crippen molar-refractivity contribution in [3.05, 3.63) is 101 Å². The first kappa shape index (κ1) is 25.4. The van der Waals surface area contributed by atoms with Gasteiger partial charge >= 0.3 is 0 Å². The molecule has 1 atom stereocenters. The third kappa shape index (κ3) is 7.17. The molecule has 36 heavy (non-hydrogen) atoms. The van der Waals surface area contributed by atoms with Gasteiger partial charge in [-0.2, -0.15) is 0 Å². The summed E-state index contributed by atoms with van der Waals surface area (Å²) in [6.45, 7) is 1.93. The van der Waals surface area contributed by atoms with E-state index in [0.29, 0.717) is 12.2 Å². The summed E-state index contributed by atoms with van der Waals surface area (Å²) in [6.07, 6.45) is 4.46. The van der Waals surface area contributed by atoms with E-state index in [1.54, 1.807) is 23.1 Å². The van der Waals surface area contributed by atoms with Crippen LogP contribution in [0.1, 0.15) is 42.4 Å². The number of benzene rings is 3. The van der Waals surface area contributed by atoms with Crippen LogP contribution in [0.3, 0.4) is 0 Å².